The average Bonchev–Trinajstić information content (AvgIpc) is 3.31. The van der Waals surface area contributed by atoms with Gasteiger partial charge in [-0.1, -0.05) is 23.2 Å². The van der Waals surface area contributed by atoms with Gasteiger partial charge in [-0.25, -0.2) is 14.8 Å². The molecule has 0 saturated carbocycles. The van der Waals surface area contributed by atoms with Crippen LogP contribution in [-0.4, -0.2) is 70.6 Å². The predicted molar refractivity (Wildman–Crippen MR) is 166 cm³/mol. The van der Waals surface area contributed by atoms with Gasteiger partial charge in [-0.05, 0) is 67.1 Å². The van der Waals surface area contributed by atoms with Gasteiger partial charge in [0, 0.05) is 11.3 Å². The van der Waals surface area contributed by atoms with Crippen LogP contribution in [0.2, 0.25) is 10.3 Å². The highest BCUT2D eigenvalue weighted by Crippen LogP contribution is 2.32. The number of aliphatic carboxylic acids is 1. The molecule has 5 rings (SSSR count). The van der Waals surface area contributed by atoms with Gasteiger partial charge in [-0.2, -0.15) is 37.2 Å². The van der Waals surface area contributed by atoms with Crippen molar-refractivity contribution >= 4 is 95.0 Å². The van der Waals surface area contributed by atoms with E-state index in [0.29, 0.717) is 10.5 Å². The Hall–Kier alpha value is -4.92. The highest BCUT2D eigenvalue weighted by atomic mass is 35.5. The van der Waals surface area contributed by atoms with Crippen molar-refractivity contribution in [1.82, 2.24) is 9.97 Å². The molecule has 0 fully saturated rings. The first-order chi connectivity index (χ1) is 21.9. The van der Waals surface area contributed by atoms with E-state index in [9.17, 15) is 45.4 Å². The van der Waals surface area contributed by atoms with Crippen molar-refractivity contribution in [2.45, 2.75) is 22.8 Å². The maximum Gasteiger partial charge on any atom is 0.355 e. The van der Waals surface area contributed by atoms with Crippen molar-refractivity contribution in [2.24, 2.45) is 15.3 Å². The van der Waals surface area contributed by atoms with Crippen LogP contribution in [0.15, 0.2) is 79.7 Å². The Morgan fingerprint density at radius 1 is 0.915 bits per heavy atom. The maximum atomic E-state index is 13.2. The number of nitrogens with zero attached hydrogens (tertiary/aromatic N) is 6. The number of rotatable bonds is 8. The van der Waals surface area contributed by atoms with Crippen molar-refractivity contribution in [3.63, 3.8) is 0 Å². The standard InChI is InChI=1S/C26H17Cl2N7O10S2/c1-11-8-14(46(40,41)42)4-6-18(11)35-25(37)20(21(34-35)26(38)39)33-32-17-10-13(3-7-19(17)47(43,44)45)29-24(36)12-2-5-15-16(9-12)31-23(28)22(27)30-15/h2-10,20H,1H3,(H,29,36)(H,38,39)(H,40,41,42)(H,43,44,45). The molecule has 1 aliphatic heterocycles. The van der Waals surface area contributed by atoms with E-state index < -0.39 is 65.3 Å². The number of amides is 2. The minimum atomic E-state index is -4.94. The van der Waals surface area contributed by atoms with E-state index in [2.05, 4.69) is 30.6 Å². The van der Waals surface area contributed by atoms with Crippen LogP contribution >= 0.6 is 23.2 Å². The minimum absolute atomic E-state index is 0.0322. The van der Waals surface area contributed by atoms with E-state index >= 15 is 0 Å². The number of hydrogen-bond acceptors (Lipinski definition) is 12. The summed E-state index contributed by atoms with van der Waals surface area (Å²) in [5.41, 5.74) is -0.695. The largest absolute Gasteiger partial charge is 0.477 e. The number of hydrogen-bond donors (Lipinski definition) is 4. The molecule has 4 N–H and O–H groups in total. The third-order valence-electron chi connectivity index (χ3n) is 6.44. The number of carboxylic acid groups (broad SMARTS) is 1. The molecule has 1 atom stereocenters. The highest BCUT2D eigenvalue weighted by Gasteiger charge is 2.41. The topological polar surface area (TPSA) is 258 Å². The van der Waals surface area contributed by atoms with Gasteiger partial charge in [0.05, 0.1) is 21.6 Å². The van der Waals surface area contributed by atoms with Gasteiger partial charge in [0.2, 0.25) is 6.04 Å². The molecule has 2 amide bonds. The van der Waals surface area contributed by atoms with Gasteiger partial charge < -0.3 is 10.4 Å². The Balaban J connectivity index is 1.46. The average molecular weight is 723 g/mol. The van der Waals surface area contributed by atoms with Crippen molar-refractivity contribution in [2.75, 3.05) is 10.3 Å². The van der Waals surface area contributed by atoms with Crippen molar-refractivity contribution < 1.29 is 45.4 Å². The number of carbonyl (C=O) groups excluding carboxylic acids is 2. The first-order valence-corrected chi connectivity index (χ1v) is 16.3. The molecule has 242 valence electrons. The summed E-state index contributed by atoms with van der Waals surface area (Å²) >= 11 is 11.8. The van der Waals surface area contributed by atoms with Crippen LogP contribution in [0, 0.1) is 6.92 Å². The molecule has 2 heterocycles. The quantitative estimate of drug-likeness (QED) is 0.149. The molecule has 0 saturated heterocycles. The summed E-state index contributed by atoms with van der Waals surface area (Å²) in [6, 6.07) is 8.43. The van der Waals surface area contributed by atoms with Crippen LogP contribution < -0.4 is 10.3 Å². The normalized spacial score (nSPS) is 15.3. The summed E-state index contributed by atoms with van der Waals surface area (Å²) in [5.74, 6) is -3.44. The smallest absolute Gasteiger partial charge is 0.355 e. The van der Waals surface area contributed by atoms with Crippen molar-refractivity contribution in [3.05, 3.63) is 76.0 Å². The molecule has 1 unspecified atom stereocenters. The molecule has 1 aliphatic rings. The fraction of sp³-hybridized carbons (Fsp3) is 0.0769. The Morgan fingerprint density at radius 2 is 1.60 bits per heavy atom. The van der Waals surface area contributed by atoms with Gasteiger partial charge in [-0.3, -0.25) is 18.7 Å². The third-order valence-corrected chi connectivity index (χ3v) is 8.82. The Labute approximate surface area is 274 Å². The van der Waals surface area contributed by atoms with Gasteiger partial charge >= 0.3 is 5.97 Å². The molecule has 1 aromatic heterocycles. The zero-order valence-electron chi connectivity index (χ0n) is 23.2. The SMILES string of the molecule is Cc1cc(S(=O)(=O)O)ccc1N1N=C(C(=O)O)C(N=Nc2cc(NC(=O)c3ccc4nc(Cl)c(Cl)nc4c3)ccc2S(=O)(=O)O)C1=O. The lowest BCUT2D eigenvalue weighted by molar-refractivity contribution is -0.130. The highest BCUT2D eigenvalue weighted by molar-refractivity contribution is 7.86. The van der Waals surface area contributed by atoms with Crippen LogP contribution in [-0.2, 0) is 29.8 Å². The van der Waals surface area contributed by atoms with Crippen LogP contribution in [0.3, 0.4) is 0 Å². The summed E-state index contributed by atoms with van der Waals surface area (Å²) in [6.45, 7) is 1.37. The number of hydrazone groups is 1. The van der Waals surface area contributed by atoms with Gasteiger partial charge in [0.1, 0.15) is 10.6 Å². The van der Waals surface area contributed by atoms with E-state index in [1.807, 2.05) is 0 Å². The van der Waals surface area contributed by atoms with Crippen LogP contribution in [0.1, 0.15) is 15.9 Å². The molecular weight excluding hydrogens is 705 g/mol. The maximum absolute atomic E-state index is 13.2. The second-order valence-electron chi connectivity index (χ2n) is 9.60. The molecule has 0 radical (unpaired) electrons. The number of halogens is 2. The lowest BCUT2D eigenvalue weighted by atomic mass is 10.1. The molecule has 47 heavy (non-hydrogen) atoms. The predicted octanol–water partition coefficient (Wildman–Crippen LogP) is 3.93. The van der Waals surface area contributed by atoms with E-state index in [4.69, 9.17) is 23.2 Å². The van der Waals surface area contributed by atoms with Gasteiger partial charge in [0.25, 0.3) is 32.1 Å². The number of aryl methyl sites for hydroxylation is 1. The van der Waals surface area contributed by atoms with Crippen LogP contribution in [0.25, 0.3) is 11.0 Å². The van der Waals surface area contributed by atoms with Crippen molar-refractivity contribution in [1.29, 1.82) is 0 Å². The number of nitrogens with one attached hydrogen (secondary N) is 1. The number of anilines is 2. The Bertz CT molecular complexity index is 2320. The first-order valence-electron chi connectivity index (χ1n) is 12.6. The number of aromatic nitrogens is 2. The lowest BCUT2D eigenvalue weighted by Gasteiger charge is -2.15. The fourth-order valence-corrected chi connectivity index (χ4v) is 5.71. The molecule has 21 heteroatoms. The van der Waals surface area contributed by atoms with E-state index in [-0.39, 0.29) is 38.3 Å². The first kappa shape index (κ1) is 33.4. The summed E-state index contributed by atoms with van der Waals surface area (Å²) in [4.78, 5) is 45.0. The molecule has 0 aliphatic carbocycles. The monoisotopic (exact) mass is 721 g/mol. The Kier molecular flexibility index (Phi) is 8.79. The second-order valence-corrected chi connectivity index (χ2v) is 13.1. The number of fused-ring (bicyclic) bond motifs is 1. The van der Waals surface area contributed by atoms with Crippen molar-refractivity contribution in [3.8, 4) is 0 Å². The molecule has 17 nitrogen and oxygen atoms in total. The number of carboxylic acids is 1. The fourth-order valence-electron chi connectivity index (χ4n) is 4.27. The van der Waals surface area contributed by atoms with Crippen LogP contribution in [0.5, 0.6) is 0 Å². The van der Waals surface area contributed by atoms with E-state index in [1.165, 1.54) is 25.1 Å². The van der Waals surface area contributed by atoms with Gasteiger partial charge in [-0.15, -0.1) is 0 Å². The zero-order valence-corrected chi connectivity index (χ0v) is 26.4. The molecule has 4 aromatic rings. The summed E-state index contributed by atoms with van der Waals surface area (Å²) in [5, 5.41) is 23.9. The number of benzene rings is 3. The van der Waals surface area contributed by atoms with E-state index in [1.54, 1.807) is 0 Å². The molecule has 0 bridgehead atoms. The van der Waals surface area contributed by atoms with E-state index in [0.717, 1.165) is 36.4 Å². The number of carbonyl (C=O) groups is 3. The zero-order chi connectivity index (χ0) is 34.4. The summed E-state index contributed by atoms with van der Waals surface area (Å²) in [6.07, 6.45) is 0. The van der Waals surface area contributed by atoms with Gasteiger partial charge in [0.15, 0.2) is 16.0 Å². The second kappa shape index (κ2) is 12.4. The molecular formula is C26H17Cl2N7O10S2. The minimum Gasteiger partial charge on any atom is -0.477 e. The summed E-state index contributed by atoms with van der Waals surface area (Å²) in [7, 11) is -9.53. The van der Waals surface area contributed by atoms with Crippen LogP contribution in [0.4, 0.5) is 17.1 Å². The molecule has 3 aromatic carbocycles. The third kappa shape index (κ3) is 6.94. The summed E-state index contributed by atoms with van der Waals surface area (Å²) < 4.78 is 66.1. The Morgan fingerprint density at radius 3 is 2.21 bits per heavy atom. The lowest BCUT2D eigenvalue weighted by Crippen LogP contribution is -2.33. The molecule has 0 spiro atoms. The number of azo groups is 1.